The molecule has 0 heterocycles. The van der Waals surface area contributed by atoms with E-state index in [1.54, 1.807) is 0 Å². The van der Waals surface area contributed by atoms with Crippen molar-refractivity contribution in [3.05, 3.63) is 65.0 Å². The van der Waals surface area contributed by atoms with Crippen molar-refractivity contribution in [2.75, 3.05) is 12.8 Å². The molecule has 0 bridgehead atoms. The molecule has 0 saturated heterocycles. The number of thioether (sulfide) groups is 1. The van der Waals surface area contributed by atoms with Crippen molar-refractivity contribution in [2.45, 2.75) is 17.9 Å². The first-order valence-electron chi connectivity index (χ1n) is 6.59. The van der Waals surface area contributed by atoms with Gasteiger partial charge in [0.2, 0.25) is 0 Å². The van der Waals surface area contributed by atoms with Gasteiger partial charge in [0.15, 0.2) is 17.5 Å². The molecule has 2 rings (SSSR count). The smallest absolute Gasteiger partial charge is 0.194 e. The van der Waals surface area contributed by atoms with E-state index >= 15 is 0 Å². The highest BCUT2D eigenvalue weighted by molar-refractivity contribution is 7.98. The van der Waals surface area contributed by atoms with Crippen molar-refractivity contribution in [3.63, 3.8) is 0 Å². The third kappa shape index (κ3) is 3.24. The molecule has 0 aromatic heterocycles. The molecular weight excluding hydrogens is 295 g/mol. The highest BCUT2D eigenvalue weighted by Gasteiger charge is 2.23. The Bertz CT molecular complexity index is 631. The molecule has 2 aromatic rings. The topological polar surface area (TPSA) is 12.0 Å². The van der Waals surface area contributed by atoms with Gasteiger partial charge in [0.05, 0.1) is 6.04 Å². The Hall–Kier alpha value is -1.46. The van der Waals surface area contributed by atoms with Crippen LogP contribution < -0.4 is 5.32 Å². The van der Waals surface area contributed by atoms with Crippen LogP contribution in [0.15, 0.2) is 41.3 Å². The summed E-state index contributed by atoms with van der Waals surface area (Å²) >= 11 is 1.53. The second-order valence-corrected chi connectivity index (χ2v) is 5.35. The van der Waals surface area contributed by atoms with Crippen molar-refractivity contribution in [3.8, 4) is 0 Å². The van der Waals surface area contributed by atoms with Crippen LogP contribution in [-0.2, 0) is 0 Å². The van der Waals surface area contributed by atoms with Crippen LogP contribution in [0.4, 0.5) is 13.2 Å². The zero-order valence-corrected chi connectivity index (χ0v) is 12.6. The highest BCUT2D eigenvalue weighted by Crippen LogP contribution is 2.32. The molecule has 0 amide bonds. The largest absolute Gasteiger partial charge is 0.306 e. The van der Waals surface area contributed by atoms with Gasteiger partial charge in [-0.2, -0.15) is 0 Å². The molecule has 0 aliphatic heterocycles. The summed E-state index contributed by atoms with van der Waals surface area (Å²) in [5, 5.41) is 3.13. The zero-order valence-electron chi connectivity index (χ0n) is 11.8. The predicted molar refractivity (Wildman–Crippen MR) is 80.1 cm³/mol. The summed E-state index contributed by atoms with van der Waals surface area (Å²) in [6.07, 6.45) is 1.92. The van der Waals surface area contributed by atoms with Gasteiger partial charge in [-0.15, -0.1) is 11.8 Å². The van der Waals surface area contributed by atoms with E-state index in [1.807, 2.05) is 37.4 Å². The molecule has 112 valence electrons. The number of halogens is 3. The van der Waals surface area contributed by atoms with Crippen molar-refractivity contribution in [1.82, 2.24) is 5.32 Å². The lowest BCUT2D eigenvalue weighted by atomic mass is 9.97. The molecule has 0 radical (unpaired) electrons. The van der Waals surface area contributed by atoms with Gasteiger partial charge < -0.3 is 5.32 Å². The van der Waals surface area contributed by atoms with E-state index in [1.165, 1.54) is 17.8 Å². The fraction of sp³-hybridized carbons (Fsp3) is 0.250. The average molecular weight is 311 g/mol. The van der Waals surface area contributed by atoms with E-state index in [0.717, 1.165) is 16.5 Å². The van der Waals surface area contributed by atoms with Crippen LogP contribution in [0.2, 0.25) is 0 Å². The maximum atomic E-state index is 14.1. The van der Waals surface area contributed by atoms with Gasteiger partial charge in [0.25, 0.3) is 0 Å². The lowest BCUT2D eigenvalue weighted by Crippen LogP contribution is -2.24. The molecule has 2 aromatic carbocycles. The third-order valence-electron chi connectivity index (χ3n) is 3.23. The van der Waals surface area contributed by atoms with Gasteiger partial charge >= 0.3 is 0 Å². The number of nitrogens with one attached hydrogen (secondary N) is 1. The van der Waals surface area contributed by atoms with E-state index in [9.17, 15) is 13.2 Å². The first-order chi connectivity index (χ1) is 10.1. The zero-order chi connectivity index (χ0) is 15.4. The second-order valence-electron chi connectivity index (χ2n) is 4.50. The van der Waals surface area contributed by atoms with Gasteiger partial charge in [-0.25, -0.2) is 13.2 Å². The first-order valence-corrected chi connectivity index (χ1v) is 7.82. The Morgan fingerprint density at radius 1 is 1.00 bits per heavy atom. The molecule has 1 atom stereocenters. The Kier molecular flexibility index (Phi) is 5.31. The fourth-order valence-electron chi connectivity index (χ4n) is 2.26. The highest BCUT2D eigenvalue weighted by atomic mass is 32.2. The summed E-state index contributed by atoms with van der Waals surface area (Å²) in [6.45, 7) is 2.46. The van der Waals surface area contributed by atoms with Crippen molar-refractivity contribution < 1.29 is 13.2 Å². The van der Waals surface area contributed by atoms with E-state index in [0.29, 0.717) is 6.54 Å². The van der Waals surface area contributed by atoms with E-state index in [2.05, 4.69) is 5.32 Å². The van der Waals surface area contributed by atoms with E-state index in [4.69, 9.17) is 0 Å². The van der Waals surface area contributed by atoms with E-state index < -0.39 is 23.5 Å². The van der Waals surface area contributed by atoms with Crippen LogP contribution in [0.5, 0.6) is 0 Å². The minimum Gasteiger partial charge on any atom is -0.306 e. The monoisotopic (exact) mass is 311 g/mol. The Balaban J connectivity index is 2.56. The van der Waals surface area contributed by atoms with Crippen LogP contribution in [0, 0.1) is 17.5 Å². The number of hydrogen-bond donors (Lipinski definition) is 1. The molecule has 0 aliphatic rings. The number of benzene rings is 2. The number of hydrogen-bond acceptors (Lipinski definition) is 2. The summed E-state index contributed by atoms with van der Waals surface area (Å²) in [4.78, 5) is 0.965. The van der Waals surface area contributed by atoms with E-state index in [-0.39, 0.29) is 5.56 Å². The van der Waals surface area contributed by atoms with Gasteiger partial charge in [0.1, 0.15) is 0 Å². The van der Waals surface area contributed by atoms with Crippen LogP contribution >= 0.6 is 11.8 Å². The lowest BCUT2D eigenvalue weighted by molar-refractivity contribution is 0.433. The second kappa shape index (κ2) is 7.00. The van der Waals surface area contributed by atoms with Crippen molar-refractivity contribution in [2.24, 2.45) is 0 Å². The van der Waals surface area contributed by atoms with Crippen LogP contribution in [0.25, 0.3) is 0 Å². The van der Waals surface area contributed by atoms with Gasteiger partial charge in [-0.1, -0.05) is 31.2 Å². The van der Waals surface area contributed by atoms with Crippen LogP contribution in [0.1, 0.15) is 24.1 Å². The molecular formula is C16H16F3NS. The fourth-order valence-corrected chi connectivity index (χ4v) is 2.90. The standard InChI is InChI=1S/C16H16F3NS/c1-3-20-16(10-6-4-5-7-13(10)21-2)11-8-9-12(17)15(19)14(11)18/h4-9,16,20H,3H2,1-2H3. The Morgan fingerprint density at radius 2 is 1.71 bits per heavy atom. The molecule has 0 saturated carbocycles. The summed E-state index contributed by atoms with van der Waals surface area (Å²) in [6, 6.07) is 9.24. The summed E-state index contributed by atoms with van der Waals surface area (Å²) in [5.74, 6) is -3.75. The Morgan fingerprint density at radius 3 is 2.38 bits per heavy atom. The molecule has 0 fully saturated rings. The SMILES string of the molecule is CCNC(c1ccccc1SC)c1ccc(F)c(F)c1F. The minimum absolute atomic E-state index is 0.109. The molecule has 1 nitrogen and oxygen atoms in total. The average Bonchev–Trinajstić information content (AvgIpc) is 2.51. The summed E-state index contributed by atoms with van der Waals surface area (Å²) < 4.78 is 40.7. The molecule has 21 heavy (non-hydrogen) atoms. The summed E-state index contributed by atoms with van der Waals surface area (Å²) in [5.41, 5.74) is 0.953. The number of rotatable bonds is 5. The minimum atomic E-state index is -1.43. The van der Waals surface area contributed by atoms with Gasteiger partial charge in [-0.3, -0.25) is 0 Å². The molecule has 0 spiro atoms. The molecule has 5 heteroatoms. The quantitative estimate of drug-likeness (QED) is 0.643. The maximum Gasteiger partial charge on any atom is 0.194 e. The third-order valence-corrected chi connectivity index (χ3v) is 4.05. The predicted octanol–water partition coefficient (Wildman–Crippen LogP) is 4.52. The molecule has 1 unspecified atom stereocenters. The maximum absolute atomic E-state index is 14.1. The molecule has 0 aliphatic carbocycles. The summed E-state index contributed by atoms with van der Waals surface area (Å²) in [7, 11) is 0. The van der Waals surface area contributed by atoms with Crippen LogP contribution in [0.3, 0.4) is 0 Å². The van der Waals surface area contributed by atoms with Crippen LogP contribution in [-0.4, -0.2) is 12.8 Å². The van der Waals surface area contributed by atoms with Crippen molar-refractivity contribution in [1.29, 1.82) is 0 Å². The Labute approximate surface area is 126 Å². The molecule has 1 N–H and O–H groups in total. The van der Waals surface area contributed by atoms with Crippen molar-refractivity contribution >= 4 is 11.8 Å². The normalized spacial score (nSPS) is 12.4. The lowest BCUT2D eigenvalue weighted by Gasteiger charge is -2.22. The van der Waals surface area contributed by atoms with Gasteiger partial charge in [-0.05, 0) is 30.5 Å². The van der Waals surface area contributed by atoms with Gasteiger partial charge in [0, 0.05) is 10.5 Å². The first kappa shape index (κ1) is 15.9.